The molecule has 1 aliphatic carbocycles. The number of hydrogen-bond donors (Lipinski definition) is 0. The first kappa shape index (κ1) is 14.9. The number of rotatable bonds is 3. The fraction of sp³-hybridized carbons (Fsp3) is 0.941. The highest BCUT2D eigenvalue weighted by atomic mass is 32.2. The van der Waals surface area contributed by atoms with Crippen molar-refractivity contribution < 1.29 is 9.53 Å². The van der Waals surface area contributed by atoms with Gasteiger partial charge in [0.15, 0.2) is 0 Å². The summed E-state index contributed by atoms with van der Waals surface area (Å²) in [6.07, 6.45) is 11.8. The molecule has 1 spiro atoms. The highest BCUT2D eigenvalue weighted by molar-refractivity contribution is 7.99. The molecule has 0 aromatic carbocycles. The van der Waals surface area contributed by atoms with Gasteiger partial charge in [-0.2, -0.15) is 11.8 Å². The zero-order valence-corrected chi connectivity index (χ0v) is 13.4. The number of ether oxygens (including phenoxy) is 1. The Hall–Kier alpha value is -0.0200. The van der Waals surface area contributed by atoms with Crippen LogP contribution in [0.5, 0.6) is 0 Å². The lowest BCUT2D eigenvalue weighted by Crippen LogP contribution is -2.44. The van der Waals surface area contributed by atoms with Crippen molar-refractivity contribution in [2.24, 2.45) is 11.8 Å². The van der Waals surface area contributed by atoms with E-state index in [2.05, 4.69) is 0 Å². The van der Waals surface area contributed by atoms with Crippen molar-refractivity contribution >= 4 is 17.5 Å². The van der Waals surface area contributed by atoms with Gasteiger partial charge in [-0.05, 0) is 43.1 Å². The molecule has 0 amide bonds. The van der Waals surface area contributed by atoms with Crippen LogP contribution in [0, 0.1) is 11.8 Å². The van der Waals surface area contributed by atoms with Crippen LogP contribution in [0.4, 0.5) is 0 Å². The zero-order chi connectivity index (χ0) is 13.8. The van der Waals surface area contributed by atoms with Crippen molar-refractivity contribution in [3.8, 4) is 0 Å². The van der Waals surface area contributed by atoms with Crippen molar-refractivity contribution in [2.45, 2.75) is 69.8 Å². The molecule has 3 fully saturated rings. The van der Waals surface area contributed by atoms with E-state index < -0.39 is 0 Å². The first-order valence-electron chi connectivity index (χ1n) is 8.52. The Labute approximate surface area is 127 Å². The van der Waals surface area contributed by atoms with Crippen LogP contribution in [0.2, 0.25) is 0 Å². The summed E-state index contributed by atoms with van der Waals surface area (Å²) in [4.78, 5) is 12.6. The Bertz CT molecular complexity index is 324. The van der Waals surface area contributed by atoms with Crippen LogP contribution in [-0.2, 0) is 9.53 Å². The predicted molar refractivity (Wildman–Crippen MR) is 84.2 cm³/mol. The van der Waals surface area contributed by atoms with Gasteiger partial charge in [-0.25, -0.2) is 0 Å². The predicted octanol–water partition coefficient (Wildman–Crippen LogP) is 4.22. The van der Waals surface area contributed by atoms with Gasteiger partial charge in [0.25, 0.3) is 0 Å². The normalized spacial score (nSPS) is 31.3. The summed E-state index contributed by atoms with van der Waals surface area (Å²) in [5.41, 5.74) is 0.0659. The zero-order valence-electron chi connectivity index (χ0n) is 12.6. The van der Waals surface area contributed by atoms with Crippen LogP contribution >= 0.6 is 11.8 Å². The quantitative estimate of drug-likeness (QED) is 0.780. The van der Waals surface area contributed by atoms with E-state index in [9.17, 15) is 4.79 Å². The lowest BCUT2D eigenvalue weighted by atomic mass is 9.76. The number of thioether (sulfide) groups is 1. The van der Waals surface area contributed by atoms with Crippen LogP contribution in [-0.4, -0.2) is 29.5 Å². The molecule has 1 atom stereocenters. The van der Waals surface area contributed by atoms with Gasteiger partial charge in [0.1, 0.15) is 5.78 Å². The number of carbonyl (C=O) groups is 1. The molecule has 3 heteroatoms. The Morgan fingerprint density at radius 3 is 2.60 bits per heavy atom. The maximum absolute atomic E-state index is 12.6. The fourth-order valence-electron chi connectivity index (χ4n) is 4.24. The maximum Gasteiger partial charge on any atom is 0.136 e. The first-order chi connectivity index (χ1) is 9.77. The number of ketones is 1. The van der Waals surface area contributed by atoms with Crippen molar-refractivity contribution in [1.29, 1.82) is 0 Å². The van der Waals surface area contributed by atoms with Crippen LogP contribution in [0.15, 0.2) is 0 Å². The third kappa shape index (κ3) is 3.59. The monoisotopic (exact) mass is 296 g/mol. The summed E-state index contributed by atoms with van der Waals surface area (Å²) < 4.78 is 6.11. The Balaban J connectivity index is 1.54. The molecular formula is C17H28O2S. The molecule has 3 rings (SSSR count). The smallest absolute Gasteiger partial charge is 0.136 e. The van der Waals surface area contributed by atoms with Crippen molar-refractivity contribution in [3.05, 3.63) is 0 Å². The second-order valence-electron chi connectivity index (χ2n) is 7.01. The summed E-state index contributed by atoms with van der Waals surface area (Å²) in [7, 11) is 0. The van der Waals surface area contributed by atoms with Gasteiger partial charge in [0.05, 0.1) is 5.60 Å². The second-order valence-corrected chi connectivity index (χ2v) is 8.23. The van der Waals surface area contributed by atoms with Gasteiger partial charge in [-0.15, -0.1) is 0 Å². The van der Waals surface area contributed by atoms with E-state index in [0.29, 0.717) is 17.6 Å². The van der Waals surface area contributed by atoms with Gasteiger partial charge in [-0.1, -0.05) is 32.1 Å². The summed E-state index contributed by atoms with van der Waals surface area (Å²) in [5, 5.41) is 0. The molecule has 114 valence electrons. The van der Waals surface area contributed by atoms with E-state index >= 15 is 0 Å². The van der Waals surface area contributed by atoms with Crippen molar-refractivity contribution in [2.75, 3.05) is 18.1 Å². The van der Waals surface area contributed by atoms with Gasteiger partial charge >= 0.3 is 0 Å². The number of hydrogen-bond acceptors (Lipinski definition) is 3. The third-order valence-corrected chi connectivity index (χ3v) is 6.55. The van der Waals surface area contributed by atoms with E-state index in [-0.39, 0.29) is 5.60 Å². The van der Waals surface area contributed by atoms with Crippen LogP contribution < -0.4 is 0 Å². The van der Waals surface area contributed by atoms with Gasteiger partial charge < -0.3 is 4.74 Å². The molecule has 2 heterocycles. The Morgan fingerprint density at radius 2 is 1.85 bits per heavy atom. The highest BCUT2D eigenvalue weighted by Gasteiger charge is 2.41. The second kappa shape index (κ2) is 6.83. The Kier molecular flexibility index (Phi) is 5.09. The largest absolute Gasteiger partial charge is 0.375 e. The SMILES string of the molecule is O=C(CC1CCCCC1)C1CCOC2(CCSCC2)C1. The van der Waals surface area contributed by atoms with Gasteiger partial charge in [0.2, 0.25) is 0 Å². The van der Waals surface area contributed by atoms with Crippen LogP contribution in [0.25, 0.3) is 0 Å². The molecule has 20 heavy (non-hydrogen) atoms. The molecule has 2 nitrogen and oxygen atoms in total. The molecular weight excluding hydrogens is 268 g/mol. The molecule has 0 radical (unpaired) electrons. The molecule has 3 aliphatic rings. The summed E-state index contributed by atoms with van der Waals surface area (Å²) in [6.45, 7) is 0.811. The van der Waals surface area contributed by atoms with Crippen LogP contribution in [0.1, 0.15) is 64.2 Å². The van der Waals surface area contributed by atoms with E-state index in [1.165, 1.54) is 43.6 Å². The van der Waals surface area contributed by atoms with E-state index in [1.54, 1.807) is 0 Å². The van der Waals surface area contributed by atoms with E-state index in [0.717, 1.165) is 38.7 Å². The fourth-order valence-corrected chi connectivity index (χ4v) is 5.47. The standard InChI is InChI=1S/C17H28O2S/c18-16(12-14-4-2-1-3-5-14)15-6-9-19-17(13-15)7-10-20-11-8-17/h14-15H,1-13H2. The van der Waals surface area contributed by atoms with E-state index in [4.69, 9.17) is 4.74 Å². The maximum atomic E-state index is 12.6. The molecule has 2 saturated heterocycles. The average Bonchev–Trinajstić information content (AvgIpc) is 2.49. The molecule has 1 saturated carbocycles. The Morgan fingerprint density at radius 1 is 1.10 bits per heavy atom. The topological polar surface area (TPSA) is 26.3 Å². The minimum atomic E-state index is 0.0659. The summed E-state index contributed by atoms with van der Waals surface area (Å²) >= 11 is 2.04. The summed E-state index contributed by atoms with van der Waals surface area (Å²) in [5.74, 6) is 3.97. The molecule has 0 N–H and O–H groups in total. The average molecular weight is 296 g/mol. The number of Topliss-reactive ketones (excluding diaryl/α,β-unsaturated/α-hetero) is 1. The van der Waals surface area contributed by atoms with Crippen LogP contribution in [0.3, 0.4) is 0 Å². The highest BCUT2D eigenvalue weighted by Crippen LogP contribution is 2.41. The molecule has 0 bridgehead atoms. The summed E-state index contributed by atoms with van der Waals surface area (Å²) in [6, 6.07) is 0. The third-order valence-electron chi connectivity index (χ3n) is 5.57. The van der Waals surface area contributed by atoms with Crippen molar-refractivity contribution in [3.63, 3.8) is 0 Å². The minimum absolute atomic E-state index is 0.0659. The lowest BCUT2D eigenvalue weighted by molar-refractivity contribution is -0.139. The van der Waals surface area contributed by atoms with E-state index in [1.807, 2.05) is 11.8 Å². The molecule has 1 unspecified atom stereocenters. The number of carbonyl (C=O) groups excluding carboxylic acids is 1. The lowest BCUT2D eigenvalue weighted by Gasteiger charge is -2.43. The molecule has 2 aliphatic heterocycles. The van der Waals surface area contributed by atoms with Gasteiger partial charge in [0, 0.05) is 18.9 Å². The van der Waals surface area contributed by atoms with Crippen molar-refractivity contribution in [1.82, 2.24) is 0 Å². The molecule has 0 aromatic rings. The minimum Gasteiger partial charge on any atom is -0.375 e. The molecule has 0 aromatic heterocycles. The van der Waals surface area contributed by atoms with Gasteiger partial charge in [-0.3, -0.25) is 4.79 Å². The first-order valence-corrected chi connectivity index (χ1v) is 9.67.